The van der Waals surface area contributed by atoms with Gasteiger partial charge in [-0.2, -0.15) is 0 Å². The van der Waals surface area contributed by atoms with Crippen molar-refractivity contribution in [1.82, 2.24) is 0 Å². The molecule has 4 heteroatoms. The maximum Gasteiger partial charge on any atom is -0.0120 e. The van der Waals surface area contributed by atoms with Crippen LogP contribution in [-0.4, -0.2) is 30.6 Å². The van der Waals surface area contributed by atoms with E-state index in [4.69, 9.17) is 0 Å². The van der Waals surface area contributed by atoms with Crippen molar-refractivity contribution in [2.45, 2.75) is 41.5 Å². The number of rotatable bonds is 8. The Balaban J connectivity index is -0.000000980. The predicted octanol–water partition coefficient (Wildman–Crippen LogP) is 6.42. The van der Waals surface area contributed by atoms with Gasteiger partial charge in [0.25, 0.3) is 0 Å². The lowest BCUT2D eigenvalue weighted by Gasteiger charge is -2.25. The van der Waals surface area contributed by atoms with E-state index in [2.05, 4.69) is 41.5 Å². The van der Waals surface area contributed by atoms with Gasteiger partial charge in [0.15, 0.2) is 0 Å². The van der Waals surface area contributed by atoms with Gasteiger partial charge in [-0.3, -0.25) is 0 Å². The van der Waals surface area contributed by atoms with Crippen molar-refractivity contribution in [3.05, 3.63) is 0 Å². The van der Waals surface area contributed by atoms with Crippen LogP contribution in [-0.2, 0) is 0 Å². The molecule has 0 bridgehead atoms. The van der Waals surface area contributed by atoms with E-state index >= 15 is 0 Å². The molecule has 2 unspecified atom stereocenters. The maximum atomic E-state index is 2.40. The Kier molecular flexibility index (Phi) is 20.0. The fraction of sp³-hybridized carbons (Fsp3) is 1.00. The lowest BCUT2D eigenvalue weighted by Crippen LogP contribution is -2.03. The monoisotopic (exact) mass is 408 g/mol. The topological polar surface area (TPSA) is 0 Å². The van der Waals surface area contributed by atoms with Crippen LogP contribution in [0.3, 0.4) is 0 Å². The summed E-state index contributed by atoms with van der Waals surface area (Å²) in [7, 11) is 0.710. The number of hydrogen-bond acceptors (Lipinski definition) is 0. The molecule has 0 nitrogen and oxygen atoms in total. The van der Waals surface area contributed by atoms with Gasteiger partial charge in [0.2, 0.25) is 0 Å². The second-order valence-corrected chi connectivity index (χ2v) is 11.1. The Morgan fingerprint density at radius 3 is 1.18 bits per heavy atom. The first-order chi connectivity index (χ1) is 6.99. The quantitative estimate of drug-likeness (QED) is 0.406. The minimum absolute atomic E-state index is 0. The number of hydrogen-bond donors (Lipinski definition) is 0. The van der Waals surface area contributed by atoms with Crippen molar-refractivity contribution in [1.29, 1.82) is 0 Å². The highest BCUT2D eigenvalue weighted by Gasteiger charge is 2.15. The van der Waals surface area contributed by atoms with Gasteiger partial charge < -0.3 is 0 Å². The molecule has 0 amide bonds. The second-order valence-electron chi connectivity index (χ2n) is 5.27. The number of halogens is 2. The van der Waals surface area contributed by atoms with Gasteiger partial charge in [-0.15, -0.1) is 49.8 Å². The lowest BCUT2D eigenvalue weighted by molar-refractivity contribution is 0.741. The zero-order valence-electron chi connectivity index (χ0n) is 12.4. The smallest absolute Gasteiger partial charge is 0.0120 e. The average molecular weight is 410 g/mol. The molecular formula is C13H32Br2P2. The normalized spacial score (nSPS) is 14.1. The highest BCUT2D eigenvalue weighted by Crippen LogP contribution is 2.52. The van der Waals surface area contributed by atoms with Crippen molar-refractivity contribution in [3.63, 3.8) is 0 Å². The van der Waals surface area contributed by atoms with E-state index in [0.29, 0.717) is 15.8 Å². The van der Waals surface area contributed by atoms with Gasteiger partial charge in [0.1, 0.15) is 0 Å². The Hall–Kier alpha value is 1.82. The van der Waals surface area contributed by atoms with Crippen LogP contribution in [0, 0.1) is 11.8 Å². The van der Waals surface area contributed by atoms with Gasteiger partial charge in [-0.05, 0) is 42.4 Å². The minimum atomic E-state index is 0. The van der Waals surface area contributed by atoms with E-state index in [1.807, 2.05) is 0 Å². The highest BCUT2D eigenvalue weighted by atomic mass is 79.9. The molecule has 0 aromatic heterocycles. The summed E-state index contributed by atoms with van der Waals surface area (Å²) in [5.74, 6) is 3.40. The van der Waals surface area contributed by atoms with Crippen LogP contribution < -0.4 is 0 Å². The Labute approximate surface area is 133 Å². The first-order valence-corrected chi connectivity index (χ1v) is 10.2. The van der Waals surface area contributed by atoms with E-state index in [0.717, 1.165) is 11.8 Å². The zero-order valence-corrected chi connectivity index (χ0v) is 17.6. The molecule has 0 saturated carbocycles. The third kappa shape index (κ3) is 14.0. The molecule has 0 fully saturated rings. The highest BCUT2D eigenvalue weighted by molar-refractivity contribution is 8.93. The van der Waals surface area contributed by atoms with Crippen LogP contribution in [0.2, 0.25) is 0 Å². The third-order valence-corrected chi connectivity index (χ3v) is 10.0. The molecule has 0 aromatic rings. The molecule has 0 aromatic carbocycles. The van der Waals surface area contributed by atoms with Crippen molar-refractivity contribution in [3.8, 4) is 0 Å². The molecule has 0 spiro atoms. The lowest BCUT2D eigenvalue weighted by atomic mass is 10.3. The summed E-state index contributed by atoms with van der Waals surface area (Å²) in [6.07, 6.45) is 5.90. The Bertz CT molecular complexity index is 136. The summed E-state index contributed by atoms with van der Waals surface area (Å²) in [4.78, 5) is 0. The Morgan fingerprint density at radius 2 is 1.00 bits per heavy atom. The Morgan fingerprint density at radius 1 is 0.706 bits per heavy atom. The molecule has 0 aliphatic rings. The average Bonchev–Trinajstić information content (AvgIpc) is 2.14. The molecule has 0 rings (SSSR count). The van der Waals surface area contributed by atoms with Crippen LogP contribution >= 0.6 is 49.8 Å². The maximum absolute atomic E-state index is 2.40. The van der Waals surface area contributed by atoms with E-state index in [9.17, 15) is 0 Å². The molecule has 17 heavy (non-hydrogen) atoms. The van der Waals surface area contributed by atoms with E-state index in [-0.39, 0.29) is 34.0 Å². The van der Waals surface area contributed by atoms with Crippen LogP contribution in [0.5, 0.6) is 0 Å². The van der Waals surface area contributed by atoms with Crippen LogP contribution in [0.25, 0.3) is 0 Å². The van der Waals surface area contributed by atoms with Crippen molar-refractivity contribution in [2.75, 3.05) is 30.6 Å². The molecule has 0 N–H and O–H groups in total. The fourth-order valence-corrected chi connectivity index (χ4v) is 9.26. The summed E-state index contributed by atoms with van der Waals surface area (Å²) in [6.45, 7) is 14.3. The molecule has 2 atom stereocenters. The summed E-state index contributed by atoms with van der Waals surface area (Å²) >= 11 is 0. The zero-order chi connectivity index (χ0) is 11.8. The minimum Gasteiger partial charge on any atom is -0.114 e. The van der Waals surface area contributed by atoms with Gasteiger partial charge in [-0.25, -0.2) is 0 Å². The van der Waals surface area contributed by atoms with Gasteiger partial charge in [0, 0.05) is 0 Å². The summed E-state index contributed by atoms with van der Waals surface area (Å²) in [5, 5.41) is 0. The molecule has 108 valence electrons. The molecule has 0 radical (unpaired) electrons. The van der Waals surface area contributed by atoms with Gasteiger partial charge in [0.05, 0.1) is 0 Å². The van der Waals surface area contributed by atoms with Gasteiger partial charge >= 0.3 is 0 Å². The molecule has 0 aliphatic heterocycles. The molecular weight excluding hydrogens is 378 g/mol. The van der Waals surface area contributed by atoms with Crippen molar-refractivity contribution < 1.29 is 0 Å². The van der Waals surface area contributed by atoms with E-state index in [1.54, 1.807) is 5.90 Å². The predicted molar refractivity (Wildman–Crippen MR) is 99.8 cm³/mol. The first kappa shape index (κ1) is 23.9. The van der Waals surface area contributed by atoms with Crippen molar-refractivity contribution in [2.24, 2.45) is 11.8 Å². The van der Waals surface area contributed by atoms with Crippen LogP contribution in [0.1, 0.15) is 41.5 Å². The van der Waals surface area contributed by atoms with Crippen molar-refractivity contribution >= 4 is 49.8 Å². The third-order valence-electron chi connectivity index (χ3n) is 2.54. The standard InChI is InChI=1S/C13H30P2.2BrH/c1-7-14(9-12(3)4)11-15(8-2)10-13(5)6;;/h12-13H,7-11H2,1-6H3;2*1H. The van der Waals surface area contributed by atoms with E-state index < -0.39 is 0 Å². The van der Waals surface area contributed by atoms with E-state index in [1.165, 1.54) is 24.6 Å². The second kappa shape index (κ2) is 14.2. The summed E-state index contributed by atoms with van der Waals surface area (Å²) in [6, 6.07) is 0. The molecule has 0 saturated heterocycles. The SMILES string of the molecule is Br.Br.CCP(CC(C)C)CP(CC)CC(C)C. The molecule has 0 aliphatic carbocycles. The first-order valence-electron chi connectivity index (χ1n) is 6.44. The van der Waals surface area contributed by atoms with Gasteiger partial charge in [-0.1, -0.05) is 41.5 Å². The van der Waals surface area contributed by atoms with Crippen LogP contribution in [0.4, 0.5) is 0 Å². The summed E-state index contributed by atoms with van der Waals surface area (Å²) in [5.41, 5.74) is 0. The molecule has 0 heterocycles. The summed E-state index contributed by atoms with van der Waals surface area (Å²) < 4.78 is 0. The van der Waals surface area contributed by atoms with Crippen LogP contribution in [0.15, 0.2) is 0 Å². The fourth-order valence-electron chi connectivity index (χ4n) is 1.89. The largest absolute Gasteiger partial charge is 0.114 e.